The van der Waals surface area contributed by atoms with Crippen molar-refractivity contribution in [2.75, 3.05) is 0 Å². The number of rotatable bonds is 0. The minimum Gasteiger partial charge on any atom is -0.483 e. The molecule has 0 spiro atoms. The molecule has 0 aromatic heterocycles. The van der Waals surface area contributed by atoms with Crippen molar-refractivity contribution in [2.24, 2.45) is 0 Å². The summed E-state index contributed by atoms with van der Waals surface area (Å²) >= 11 is 0. The van der Waals surface area contributed by atoms with Gasteiger partial charge in [0, 0.05) is 19.5 Å². The SMILES string of the molecule is O=CO.[CH3-].[Zn]. The molecule has 0 radical (unpaired) electrons. The molecule has 0 heterocycles. The summed E-state index contributed by atoms with van der Waals surface area (Å²) in [6.45, 7) is -0.250. The Balaban J connectivity index is -0.0000000200. The molecule has 0 rings (SSSR count). The largest absolute Gasteiger partial charge is 0.483 e. The zero-order chi connectivity index (χ0) is 2.71. The van der Waals surface area contributed by atoms with Crippen molar-refractivity contribution < 1.29 is 29.4 Å². The maximum atomic E-state index is 8.36. The molecule has 0 saturated carbocycles. The topological polar surface area (TPSA) is 37.3 Å². The van der Waals surface area contributed by atoms with Gasteiger partial charge < -0.3 is 12.5 Å². The van der Waals surface area contributed by atoms with Crippen LogP contribution < -0.4 is 0 Å². The minimum atomic E-state index is -0.250. The normalized spacial score (nSPS) is 2.40. The summed E-state index contributed by atoms with van der Waals surface area (Å²) in [6, 6.07) is 0. The van der Waals surface area contributed by atoms with Crippen molar-refractivity contribution >= 4 is 6.47 Å². The van der Waals surface area contributed by atoms with Crippen LogP contribution in [0.15, 0.2) is 0 Å². The van der Waals surface area contributed by atoms with Crippen molar-refractivity contribution in [3.05, 3.63) is 7.43 Å². The number of hydrogen-bond donors (Lipinski definition) is 1. The first-order chi connectivity index (χ1) is 1.41. The molecule has 0 aliphatic heterocycles. The molecule has 5 heavy (non-hydrogen) atoms. The summed E-state index contributed by atoms with van der Waals surface area (Å²) in [7, 11) is 0. The van der Waals surface area contributed by atoms with E-state index in [0.29, 0.717) is 0 Å². The second-order valence-electron chi connectivity index (χ2n) is 0.105. The third-order valence-corrected chi connectivity index (χ3v) is 0. The fourth-order valence-corrected chi connectivity index (χ4v) is 0. The maximum Gasteiger partial charge on any atom is 0.290 e. The third-order valence-electron chi connectivity index (χ3n) is 0. The molecule has 0 unspecified atom stereocenters. The van der Waals surface area contributed by atoms with Crippen LogP contribution in [0.4, 0.5) is 0 Å². The average Bonchev–Trinajstić information content (AvgIpc) is 0.918. The Hall–Kier alpha value is 0.0934. The van der Waals surface area contributed by atoms with Gasteiger partial charge in [0.25, 0.3) is 6.47 Å². The van der Waals surface area contributed by atoms with Gasteiger partial charge in [-0.1, -0.05) is 0 Å². The van der Waals surface area contributed by atoms with Crippen molar-refractivity contribution in [3.63, 3.8) is 0 Å². The van der Waals surface area contributed by atoms with E-state index in [1.165, 1.54) is 0 Å². The van der Waals surface area contributed by atoms with E-state index < -0.39 is 0 Å². The molecule has 0 atom stereocenters. The van der Waals surface area contributed by atoms with E-state index in [4.69, 9.17) is 9.90 Å². The van der Waals surface area contributed by atoms with E-state index in [9.17, 15) is 0 Å². The van der Waals surface area contributed by atoms with E-state index in [-0.39, 0.29) is 33.4 Å². The van der Waals surface area contributed by atoms with Crippen LogP contribution in [0.1, 0.15) is 0 Å². The van der Waals surface area contributed by atoms with Crippen molar-refractivity contribution in [1.82, 2.24) is 0 Å². The molecule has 0 fully saturated rings. The molecule has 28 valence electrons. The smallest absolute Gasteiger partial charge is 0.290 e. The van der Waals surface area contributed by atoms with Gasteiger partial charge in [0.2, 0.25) is 0 Å². The summed E-state index contributed by atoms with van der Waals surface area (Å²) in [5.74, 6) is 0. The minimum absolute atomic E-state index is 0. The van der Waals surface area contributed by atoms with Crippen LogP contribution in [-0.4, -0.2) is 11.6 Å². The molecule has 0 aliphatic rings. The maximum absolute atomic E-state index is 8.36. The zero-order valence-electron chi connectivity index (χ0n) is 3.14. The molecular weight excluding hydrogens is 121 g/mol. The van der Waals surface area contributed by atoms with Crippen molar-refractivity contribution in [3.8, 4) is 0 Å². The Kier molecular flexibility index (Phi) is 128. The van der Waals surface area contributed by atoms with Crippen LogP contribution in [0.25, 0.3) is 0 Å². The zero-order valence-corrected chi connectivity index (χ0v) is 6.11. The quantitative estimate of drug-likeness (QED) is 0.285. The average molecular weight is 126 g/mol. The van der Waals surface area contributed by atoms with Crippen LogP contribution >= 0.6 is 0 Å². The van der Waals surface area contributed by atoms with Gasteiger partial charge in [-0.05, 0) is 0 Å². The summed E-state index contributed by atoms with van der Waals surface area (Å²) < 4.78 is 0. The van der Waals surface area contributed by atoms with E-state index in [0.717, 1.165) is 0 Å². The first-order valence-electron chi connectivity index (χ1n) is 0.494. The second-order valence-corrected chi connectivity index (χ2v) is 0.105. The summed E-state index contributed by atoms with van der Waals surface area (Å²) in [4.78, 5) is 8.36. The number of carbonyl (C=O) groups is 1. The van der Waals surface area contributed by atoms with Crippen LogP contribution in [0.2, 0.25) is 0 Å². The molecule has 0 bridgehead atoms. The van der Waals surface area contributed by atoms with Gasteiger partial charge in [0.15, 0.2) is 0 Å². The van der Waals surface area contributed by atoms with Crippen LogP contribution in [0, 0.1) is 7.43 Å². The number of carboxylic acid groups (broad SMARTS) is 1. The molecule has 0 saturated heterocycles. The van der Waals surface area contributed by atoms with Gasteiger partial charge in [-0.25, -0.2) is 0 Å². The van der Waals surface area contributed by atoms with E-state index >= 15 is 0 Å². The molecule has 1 N–H and O–H groups in total. The van der Waals surface area contributed by atoms with Gasteiger partial charge >= 0.3 is 0 Å². The van der Waals surface area contributed by atoms with E-state index in [1.54, 1.807) is 0 Å². The second kappa shape index (κ2) is 32.8. The summed E-state index contributed by atoms with van der Waals surface area (Å²) in [5, 5.41) is 6.89. The monoisotopic (exact) mass is 125 g/mol. The molecule has 2 nitrogen and oxygen atoms in total. The first-order valence-corrected chi connectivity index (χ1v) is 0.494. The standard InChI is InChI=1S/CH2O2.CH3.Zn/c2-1-3;;/h1H,(H,2,3);1H3;/q;-1;. The Morgan fingerprint density at radius 1 is 1.60 bits per heavy atom. The predicted octanol–water partition coefficient (Wildman–Crippen LogP) is 0.149. The van der Waals surface area contributed by atoms with Gasteiger partial charge in [0.05, 0.1) is 0 Å². The van der Waals surface area contributed by atoms with E-state index in [1.807, 2.05) is 0 Å². The fourth-order valence-electron chi connectivity index (χ4n) is 0. The Morgan fingerprint density at radius 2 is 1.60 bits per heavy atom. The summed E-state index contributed by atoms with van der Waals surface area (Å²) in [5.41, 5.74) is 0. The van der Waals surface area contributed by atoms with E-state index in [2.05, 4.69) is 0 Å². The molecule has 0 amide bonds. The Bertz CT molecular complexity index is 15.1. The Morgan fingerprint density at radius 3 is 1.60 bits per heavy atom. The Labute approximate surface area is 43.9 Å². The fraction of sp³-hybridized carbons (Fsp3) is 0. The molecule has 0 aromatic rings. The van der Waals surface area contributed by atoms with Crippen LogP contribution in [0.3, 0.4) is 0 Å². The van der Waals surface area contributed by atoms with Crippen molar-refractivity contribution in [2.45, 2.75) is 0 Å². The third kappa shape index (κ3) is 2060. The first kappa shape index (κ1) is 19.5. The molecular formula is C2H5O2Zn-. The van der Waals surface area contributed by atoms with Gasteiger partial charge in [0.1, 0.15) is 0 Å². The molecule has 0 aliphatic carbocycles. The molecule has 0 aromatic carbocycles. The summed E-state index contributed by atoms with van der Waals surface area (Å²) in [6.07, 6.45) is 0. The van der Waals surface area contributed by atoms with Gasteiger partial charge in [-0.15, -0.1) is 0 Å². The predicted molar refractivity (Wildman–Crippen MR) is 15.1 cm³/mol. The van der Waals surface area contributed by atoms with Gasteiger partial charge in [-0.3, -0.25) is 4.79 Å². The van der Waals surface area contributed by atoms with Crippen LogP contribution in [-0.2, 0) is 24.3 Å². The molecule has 3 heteroatoms. The van der Waals surface area contributed by atoms with Crippen molar-refractivity contribution in [1.29, 1.82) is 0 Å². The van der Waals surface area contributed by atoms with Gasteiger partial charge in [-0.2, -0.15) is 0 Å². The number of hydrogen-bond acceptors (Lipinski definition) is 1. The van der Waals surface area contributed by atoms with Crippen LogP contribution in [0.5, 0.6) is 0 Å².